The van der Waals surface area contributed by atoms with Crippen molar-refractivity contribution >= 4 is 15.9 Å². The van der Waals surface area contributed by atoms with Crippen LogP contribution in [0.4, 0.5) is 0 Å². The van der Waals surface area contributed by atoms with E-state index in [4.69, 9.17) is 10.5 Å². The van der Waals surface area contributed by atoms with E-state index in [9.17, 15) is 0 Å². The third-order valence-electron chi connectivity index (χ3n) is 1.94. The molecule has 2 atom stereocenters. The molecule has 0 bridgehead atoms. The first-order chi connectivity index (χ1) is 6.16. The normalized spacial score (nSPS) is 15.4. The maximum absolute atomic E-state index is 5.80. The molecule has 0 fully saturated rings. The maximum Gasteiger partial charge on any atom is 0.0980 e. The minimum absolute atomic E-state index is 0.0105. The Labute approximate surface area is 87.2 Å². The first kappa shape index (κ1) is 10.7. The van der Waals surface area contributed by atoms with Gasteiger partial charge in [0.25, 0.3) is 0 Å². The quantitative estimate of drug-likeness (QED) is 0.886. The average Bonchev–Trinajstić information content (AvgIpc) is 2.09. The first-order valence-corrected chi connectivity index (χ1v) is 4.99. The highest BCUT2D eigenvalue weighted by Gasteiger charge is 2.16. The van der Waals surface area contributed by atoms with E-state index >= 15 is 0 Å². The van der Waals surface area contributed by atoms with E-state index in [1.807, 2.05) is 31.2 Å². The molecular weight excluding hydrogens is 230 g/mol. The molecular formula is C10H14BrNO. The summed E-state index contributed by atoms with van der Waals surface area (Å²) in [6.45, 7) is 1.94. The van der Waals surface area contributed by atoms with Gasteiger partial charge in [-0.25, -0.2) is 0 Å². The van der Waals surface area contributed by atoms with Crippen LogP contribution in [0.3, 0.4) is 0 Å². The summed E-state index contributed by atoms with van der Waals surface area (Å²) in [4.78, 5) is 0. The van der Waals surface area contributed by atoms with Crippen LogP contribution in [0.5, 0.6) is 0 Å². The summed E-state index contributed by atoms with van der Waals surface area (Å²) in [6, 6.07) is 7.95. The van der Waals surface area contributed by atoms with Crippen molar-refractivity contribution in [2.75, 3.05) is 7.11 Å². The molecule has 1 aromatic carbocycles. The third kappa shape index (κ3) is 2.53. The lowest BCUT2D eigenvalue weighted by Gasteiger charge is -2.20. The molecule has 0 saturated heterocycles. The van der Waals surface area contributed by atoms with Gasteiger partial charge in [-0.3, -0.25) is 0 Å². The van der Waals surface area contributed by atoms with Gasteiger partial charge in [0.2, 0.25) is 0 Å². The molecule has 0 aliphatic heterocycles. The second-order valence-corrected chi connectivity index (χ2v) is 3.89. The van der Waals surface area contributed by atoms with Gasteiger partial charge in [-0.15, -0.1) is 0 Å². The molecule has 13 heavy (non-hydrogen) atoms. The predicted molar refractivity (Wildman–Crippen MR) is 57.5 cm³/mol. The number of hydrogen-bond acceptors (Lipinski definition) is 2. The third-order valence-corrected chi connectivity index (χ3v) is 2.67. The van der Waals surface area contributed by atoms with Crippen molar-refractivity contribution in [3.63, 3.8) is 0 Å². The highest BCUT2D eigenvalue weighted by Crippen LogP contribution is 2.26. The molecule has 0 aliphatic rings. The van der Waals surface area contributed by atoms with Gasteiger partial charge in [0, 0.05) is 17.6 Å². The standard InChI is InChI=1S/C10H14BrNO/c1-7(12)10(13-2)8-5-3-4-6-9(8)11/h3-7,10H,12H2,1-2H3. The summed E-state index contributed by atoms with van der Waals surface area (Å²) in [5.41, 5.74) is 6.90. The number of ether oxygens (including phenoxy) is 1. The van der Waals surface area contributed by atoms with Gasteiger partial charge in [-0.2, -0.15) is 0 Å². The van der Waals surface area contributed by atoms with Crippen LogP contribution in [0.15, 0.2) is 28.7 Å². The SMILES string of the molecule is COC(c1ccccc1Br)C(C)N. The smallest absolute Gasteiger partial charge is 0.0980 e. The van der Waals surface area contributed by atoms with Crippen LogP contribution in [0, 0.1) is 0 Å². The Morgan fingerprint density at radius 3 is 2.46 bits per heavy atom. The lowest BCUT2D eigenvalue weighted by Crippen LogP contribution is -2.26. The summed E-state index contributed by atoms with van der Waals surface area (Å²) in [5.74, 6) is 0. The van der Waals surface area contributed by atoms with Gasteiger partial charge < -0.3 is 10.5 Å². The summed E-state index contributed by atoms with van der Waals surface area (Å²) < 4.78 is 6.36. The van der Waals surface area contributed by atoms with Crippen molar-refractivity contribution in [2.24, 2.45) is 5.73 Å². The van der Waals surface area contributed by atoms with Gasteiger partial charge in [-0.05, 0) is 18.6 Å². The van der Waals surface area contributed by atoms with Crippen LogP contribution in [-0.2, 0) is 4.74 Å². The molecule has 2 unspecified atom stereocenters. The topological polar surface area (TPSA) is 35.2 Å². The first-order valence-electron chi connectivity index (χ1n) is 4.19. The minimum Gasteiger partial charge on any atom is -0.375 e. The molecule has 0 amide bonds. The molecule has 2 N–H and O–H groups in total. The number of halogens is 1. The molecule has 0 heterocycles. The van der Waals surface area contributed by atoms with E-state index < -0.39 is 0 Å². The van der Waals surface area contributed by atoms with Crippen molar-refractivity contribution < 1.29 is 4.74 Å². The number of methoxy groups -OCH3 is 1. The summed E-state index contributed by atoms with van der Waals surface area (Å²) in [5, 5.41) is 0. The van der Waals surface area contributed by atoms with Gasteiger partial charge in [0.1, 0.15) is 0 Å². The zero-order chi connectivity index (χ0) is 9.84. The van der Waals surface area contributed by atoms with E-state index in [-0.39, 0.29) is 12.1 Å². The Kier molecular flexibility index (Phi) is 3.90. The van der Waals surface area contributed by atoms with Crippen LogP contribution < -0.4 is 5.73 Å². The Morgan fingerprint density at radius 1 is 1.38 bits per heavy atom. The minimum atomic E-state index is -0.0458. The summed E-state index contributed by atoms with van der Waals surface area (Å²) in [7, 11) is 1.67. The van der Waals surface area contributed by atoms with E-state index in [0.717, 1.165) is 10.0 Å². The molecule has 3 heteroatoms. The predicted octanol–water partition coefficient (Wildman–Crippen LogP) is 2.48. The largest absolute Gasteiger partial charge is 0.375 e. The maximum atomic E-state index is 5.80. The average molecular weight is 244 g/mol. The van der Waals surface area contributed by atoms with Gasteiger partial charge in [0.05, 0.1) is 6.10 Å². The molecule has 72 valence electrons. The van der Waals surface area contributed by atoms with Gasteiger partial charge in [0.15, 0.2) is 0 Å². The zero-order valence-corrected chi connectivity index (χ0v) is 9.41. The fourth-order valence-corrected chi connectivity index (χ4v) is 1.84. The van der Waals surface area contributed by atoms with Crippen molar-refractivity contribution in [2.45, 2.75) is 19.1 Å². The van der Waals surface area contributed by atoms with Crippen LogP contribution in [-0.4, -0.2) is 13.2 Å². The van der Waals surface area contributed by atoms with Gasteiger partial charge in [-0.1, -0.05) is 34.1 Å². The van der Waals surface area contributed by atoms with Crippen LogP contribution >= 0.6 is 15.9 Å². The molecule has 0 spiro atoms. The van der Waals surface area contributed by atoms with Crippen molar-refractivity contribution in [3.8, 4) is 0 Å². The van der Waals surface area contributed by atoms with E-state index in [2.05, 4.69) is 15.9 Å². The van der Waals surface area contributed by atoms with Crippen molar-refractivity contribution in [3.05, 3.63) is 34.3 Å². The zero-order valence-electron chi connectivity index (χ0n) is 7.83. The number of nitrogens with two attached hydrogens (primary N) is 1. The number of rotatable bonds is 3. The molecule has 0 aromatic heterocycles. The fourth-order valence-electron chi connectivity index (χ4n) is 1.33. The Bertz CT molecular complexity index is 275. The molecule has 0 radical (unpaired) electrons. The molecule has 0 aliphatic carbocycles. The molecule has 0 saturated carbocycles. The molecule has 1 aromatic rings. The van der Waals surface area contributed by atoms with Crippen LogP contribution in [0.1, 0.15) is 18.6 Å². The van der Waals surface area contributed by atoms with E-state index in [1.165, 1.54) is 0 Å². The van der Waals surface area contributed by atoms with Crippen molar-refractivity contribution in [1.82, 2.24) is 0 Å². The Hall–Kier alpha value is -0.380. The number of benzene rings is 1. The lowest BCUT2D eigenvalue weighted by atomic mass is 10.0. The summed E-state index contributed by atoms with van der Waals surface area (Å²) in [6.07, 6.45) is -0.0458. The highest BCUT2D eigenvalue weighted by molar-refractivity contribution is 9.10. The molecule has 1 rings (SSSR count). The van der Waals surface area contributed by atoms with E-state index in [1.54, 1.807) is 7.11 Å². The second kappa shape index (κ2) is 4.74. The van der Waals surface area contributed by atoms with Crippen molar-refractivity contribution in [1.29, 1.82) is 0 Å². The Morgan fingerprint density at radius 2 is 2.00 bits per heavy atom. The van der Waals surface area contributed by atoms with Crippen LogP contribution in [0.25, 0.3) is 0 Å². The highest BCUT2D eigenvalue weighted by atomic mass is 79.9. The van der Waals surface area contributed by atoms with Crippen LogP contribution in [0.2, 0.25) is 0 Å². The molecule has 2 nitrogen and oxygen atoms in total. The number of hydrogen-bond donors (Lipinski definition) is 1. The van der Waals surface area contributed by atoms with Gasteiger partial charge >= 0.3 is 0 Å². The lowest BCUT2D eigenvalue weighted by molar-refractivity contribution is 0.0848. The second-order valence-electron chi connectivity index (χ2n) is 3.04. The monoisotopic (exact) mass is 243 g/mol. The Balaban J connectivity index is 2.97. The summed E-state index contributed by atoms with van der Waals surface area (Å²) >= 11 is 3.47. The van der Waals surface area contributed by atoms with E-state index in [0.29, 0.717) is 0 Å². The fraction of sp³-hybridized carbons (Fsp3) is 0.400.